The average molecular weight is 536 g/mol. The second kappa shape index (κ2) is 12.7. The summed E-state index contributed by atoms with van der Waals surface area (Å²) in [6.45, 7) is 3.93. The molecule has 1 saturated carbocycles. The van der Waals surface area contributed by atoms with Gasteiger partial charge in [-0.2, -0.15) is 5.10 Å². The zero-order chi connectivity index (χ0) is 27.1. The summed E-state index contributed by atoms with van der Waals surface area (Å²) in [6.07, 6.45) is 11.1. The maximum absolute atomic E-state index is 13.0. The Bertz CT molecular complexity index is 1310. The monoisotopic (exact) mass is 535 g/mol. The standard InChI is InChI=1S/C27H33N7O3S/c1-16-5-3-6-18(16)7-4-8-24(36)32-20-11-22(17(2)29-13-20)33-27(37)26(34-28)21-10-9-19(12-30-21)23-14-31-25(15-35)38-23/h9-14,16,18,35H,3-8,15,28H2,1-2H3,(H,32,36)(H,33,37)/t16-,18?/m0/s1. The third-order valence-electron chi connectivity index (χ3n) is 6.96. The number of thiazole rings is 1. The predicted octanol–water partition coefficient (Wildman–Crippen LogP) is 4.25. The van der Waals surface area contributed by atoms with Gasteiger partial charge in [0.25, 0.3) is 5.91 Å². The van der Waals surface area contributed by atoms with E-state index in [0.717, 1.165) is 35.1 Å². The highest BCUT2D eigenvalue weighted by atomic mass is 32.1. The molecule has 3 aromatic heterocycles. The number of hydrogen-bond donors (Lipinski definition) is 4. The number of nitrogens with one attached hydrogen (secondary N) is 2. The van der Waals surface area contributed by atoms with Crippen molar-refractivity contribution < 1.29 is 14.7 Å². The first kappa shape index (κ1) is 27.3. The summed E-state index contributed by atoms with van der Waals surface area (Å²) in [5, 5.41) is 19.1. The Kier molecular flexibility index (Phi) is 9.14. The van der Waals surface area contributed by atoms with Crippen LogP contribution in [0.1, 0.15) is 61.8 Å². The molecule has 0 bridgehead atoms. The number of amides is 2. The topological polar surface area (TPSA) is 155 Å². The van der Waals surface area contributed by atoms with E-state index in [4.69, 9.17) is 5.84 Å². The number of carbonyl (C=O) groups is 2. The first-order valence-electron chi connectivity index (χ1n) is 12.8. The number of nitrogens with zero attached hydrogens (tertiary/aromatic N) is 4. The predicted molar refractivity (Wildman–Crippen MR) is 149 cm³/mol. The minimum atomic E-state index is -0.549. The lowest BCUT2D eigenvalue weighted by Crippen LogP contribution is -2.26. The van der Waals surface area contributed by atoms with Gasteiger partial charge in [0.05, 0.1) is 40.4 Å². The minimum Gasteiger partial charge on any atom is -0.389 e. The zero-order valence-electron chi connectivity index (χ0n) is 21.6. The molecule has 4 rings (SSSR count). The van der Waals surface area contributed by atoms with Gasteiger partial charge in [0.1, 0.15) is 5.01 Å². The maximum Gasteiger partial charge on any atom is 0.278 e. The van der Waals surface area contributed by atoms with E-state index in [1.807, 2.05) is 0 Å². The van der Waals surface area contributed by atoms with Gasteiger partial charge < -0.3 is 21.6 Å². The molecule has 1 unspecified atom stereocenters. The SMILES string of the molecule is Cc1ncc(NC(=O)CCCC2CCC[C@@H]2C)cc1NC(=O)C(=NN)c1ccc(-c2cnc(CO)s2)cn1. The van der Waals surface area contributed by atoms with E-state index in [1.54, 1.807) is 43.7 Å². The molecular formula is C27H33N7O3S. The van der Waals surface area contributed by atoms with Crippen LogP contribution in [0.25, 0.3) is 10.4 Å². The van der Waals surface area contributed by atoms with Gasteiger partial charge in [-0.05, 0) is 49.8 Å². The Morgan fingerprint density at radius 1 is 1.16 bits per heavy atom. The van der Waals surface area contributed by atoms with Crippen molar-refractivity contribution in [3.05, 3.63) is 53.2 Å². The number of anilines is 2. The largest absolute Gasteiger partial charge is 0.389 e. The first-order chi connectivity index (χ1) is 18.4. The van der Waals surface area contributed by atoms with Gasteiger partial charge in [-0.1, -0.05) is 26.2 Å². The third-order valence-corrected chi connectivity index (χ3v) is 7.99. The number of nitrogens with two attached hydrogens (primary N) is 1. The van der Waals surface area contributed by atoms with Crippen LogP contribution in [0.2, 0.25) is 0 Å². The van der Waals surface area contributed by atoms with E-state index in [9.17, 15) is 14.7 Å². The molecule has 1 aliphatic carbocycles. The molecule has 38 heavy (non-hydrogen) atoms. The molecule has 2 amide bonds. The highest BCUT2D eigenvalue weighted by Gasteiger charge is 2.23. The molecule has 0 saturated heterocycles. The molecule has 200 valence electrons. The third kappa shape index (κ3) is 6.78. The lowest BCUT2D eigenvalue weighted by atomic mass is 9.92. The van der Waals surface area contributed by atoms with Gasteiger partial charge >= 0.3 is 0 Å². The number of pyridine rings is 2. The summed E-state index contributed by atoms with van der Waals surface area (Å²) in [7, 11) is 0. The molecule has 1 aliphatic rings. The van der Waals surface area contributed by atoms with Gasteiger partial charge in [0, 0.05) is 24.4 Å². The van der Waals surface area contributed by atoms with Gasteiger partial charge in [0.2, 0.25) is 5.91 Å². The highest BCUT2D eigenvalue weighted by molar-refractivity contribution is 7.15. The van der Waals surface area contributed by atoms with Crippen molar-refractivity contribution in [2.24, 2.45) is 22.8 Å². The fourth-order valence-corrected chi connectivity index (χ4v) is 5.51. The Labute approximate surface area is 225 Å². The Balaban J connectivity index is 1.36. The Hall–Kier alpha value is -3.70. The van der Waals surface area contributed by atoms with Crippen molar-refractivity contribution in [3.63, 3.8) is 0 Å². The maximum atomic E-state index is 13.0. The Morgan fingerprint density at radius 2 is 2.00 bits per heavy atom. The fourth-order valence-electron chi connectivity index (χ4n) is 4.75. The van der Waals surface area contributed by atoms with Crippen molar-refractivity contribution in [1.29, 1.82) is 0 Å². The van der Waals surface area contributed by atoms with E-state index < -0.39 is 5.91 Å². The van der Waals surface area contributed by atoms with Crippen LogP contribution < -0.4 is 16.5 Å². The molecule has 3 aromatic rings. The first-order valence-corrected chi connectivity index (χ1v) is 13.6. The van der Waals surface area contributed by atoms with E-state index in [2.05, 4.69) is 37.6 Å². The summed E-state index contributed by atoms with van der Waals surface area (Å²) in [6, 6.07) is 5.10. The second-order valence-electron chi connectivity index (χ2n) is 9.61. The number of aliphatic hydroxyl groups is 1. The van der Waals surface area contributed by atoms with Crippen LogP contribution in [0.5, 0.6) is 0 Å². The zero-order valence-corrected chi connectivity index (χ0v) is 22.4. The molecule has 0 spiro atoms. The molecular weight excluding hydrogens is 502 g/mol. The lowest BCUT2D eigenvalue weighted by molar-refractivity contribution is -0.116. The quantitative estimate of drug-likeness (QED) is 0.172. The number of aromatic nitrogens is 3. The molecule has 1 fully saturated rings. The van der Waals surface area contributed by atoms with Crippen LogP contribution in [0.15, 0.2) is 41.9 Å². The molecule has 0 radical (unpaired) electrons. The molecule has 2 atom stereocenters. The number of hydrogen-bond acceptors (Lipinski definition) is 9. The van der Waals surface area contributed by atoms with Crippen molar-refractivity contribution in [2.45, 2.75) is 59.0 Å². The molecule has 3 heterocycles. The lowest BCUT2D eigenvalue weighted by Gasteiger charge is -2.15. The average Bonchev–Trinajstić information content (AvgIpc) is 3.56. The molecule has 5 N–H and O–H groups in total. The van der Waals surface area contributed by atoms with Crippen molar-refractivity contribution in [1.82, 2.24) is 15.0 Å². The van der Waals surface area contributed by atoms with Crippen LogP contribution in [-0.2, 0) is 16.2 Å². The Morgan fingerprint density at radius 3 is 2.66 bits per heavy atom. The fraction of sp³-hybridized carbons (Fsp3) is 0.407. The number of aryl methyl sites for hydroxylation is 1. The van der Waals surface area contributed by atoms with Crippen molar-refractivity contribution >= 4 is 40.2 Å². The summed E-state index contributed by atoms with van der Waals surface area (Å²) >= 11 is 1.36. The van der Waals surface area contributed by atoms with Gasteiger partial charge in [0.15, 0.2) is 5.71 Å². The van der Waals surface area contributed by atoms with Crippen LogP contribution in [0.3, 0.4) is 0 Å². The molecule has 10 nitrogen and oxygen atoms in total. The van der Waals surface area contributed by atoms with Gasteiger partial charge in [-0.3, -0.25) is 19.6 Å². The molecule has 0 aromatic carbocycles. The highest BCUT2D eigenvalue weighted by Crippen LogP contribution is 2.34. The normalized spacial score (nSPS) is 17.4. The minimum absolute atomic E-state index is 0.0492. The van der Waals surface area contributed by atoms with E-state index in [0.29, 0.717) is 34.2 Å². The van der Waals surface area contributed by atoms with Crippen LogP contribution in [0, 0.1) is 18.8 Å². The smallest absolute Gasteiger partial charge is 0.278 e. The number of rotatable bonds is 10. The second-order valence-corrected chi connectivity index (χ2v) is 10.7. The van der Waals surface area contributed by atoms with Crippen LogP contribution in [-0.4, -0.2) is 37.6 Å². The van der Waals surface area contributed by atoms with Crippen molar-refractivity contribution in [2.75, 3.05) is 10.6 Å². The summed E-state index contributed by atoms with van der Waals surface area (Å²) in [5.41, 5.74) is 2.57. The number of aliphatic hydroxyl groups excluding tert-OH is 1. The summed E-state index contributed by atoms with van der Waals surface area (Å²) in [4.78, 5) is 39.1. The van der Waals surface area contributed by atoms with Crippen LogP contribution >= 0.6 is 11.3 Å². The van der Waals surface area contributed by atoms with Crippen molar-refractivity contribution in [3.8, 4) is 10.4 Å². The van der Waals surface area contributed by atoms with E-state index >= 15 is 0 Å². The summed E-state index contributed by atoms with van der Waals surface area (Å²) < 4.78 is 0. The van der Waals surface area contributed by atoms with Gasteiger partial charge in [-0.25, -0.2) is 4.98 Å². The van der Waals surface area contributed by atoms with E-state index in [1.165, 1.54) is 30.6 Å². The number of hydrazone groups is 1. The van der Waals surface area contributed by atoms with E-state index in [-0.39, 0.29) is 18.2 Å². The van der Waals surface area contributed by atoms with Gasteiger partial charge in [-0.15, -0.1) is 11.3 Å². The molecule has 11 heteroatoms. The van der Waals surface area contributed by atoms with Crippen LogP contribution in [0.4, 0.5) is 11.4 Å². The summed E-state index contributed by atoms with van der Waals surface area (Å²) in [5.74, 6) is 6.40. The number of carbonyl (C=O) groups excluding carboxylic acids is 2. The molecule has 0 aliphatic heterocycles.